The molecule has 0 radical (unpaired) electrons. The van der Waals surface area contributed by atoms with Crippen molar-refractivity contribution in [1.29, 1.82) is 0 Å². The Morgan fingerprint density at radius 1 is 0.902 bits per heavy atom. The van der Waals surface area contributed by atoms with Crippen molar-refractivity contribution < 1.29 is 26.4 Å². The van der Waals surface area contributed by atoms with Crippen LogP contribution in [0.2, 0.25) is 0 Å². The number of carbonyl (C=O) groups excluding carboxylic acids is 1. The molecule has 41 heavy (non-hydrogen) atoms. The van der Waals surface area contributed by atoms with E-state index in [0.717, 1.165) is 0 Å². The topological polar surface area (TPSA) is 148 Å². The van der Waals surface area contributed by atoms with Crippen LogP contribution in [0.1, 0.15) is 17.0 Å². The van der Waals surface area contributed by atoms with E-state index in [1.54, 1.807) is 74.5 Å². The molecule has 0 saturated carbocycles. The van der Waals surface area contributed by atoms with Crippen LogP contribution < -0.4 is 19.1 Å². The van der Waals surface area contributed by atoms with Crippen molar-refractivity contribution in [2.45, 2.75) is 30.6 Å². The summed E-state index contributed by atoms with van der Waals surface area (Å²) in [5.74, 6) is -0.608. The van der Waals surface area contributed by atoms with Gasteiger partial charge in [0.15, 0.2) is 6.10 Å². The number of fused-ring (bicyclic) bond motifs is 1. The molecule has 13 heteroatoms. The number of aromatic nitrogens is 2. The monoisotopic (exact) mass is 593 g/mol. The molecule has 1 aromatic heterocycles. The Bertz CT molecular complexity index is 1780. The van der Waals surface area contributed by atoms with Gasteiger partial charge in [-0.3, -0.25) is 9.10 Å². The zero-order chi connectivity index (χ0) is 29.2. The number of benzene rings is 3. The molecule has 1 aliphatic rings. The highest BCUT2D eigenvalue weighted by atomic mass is 32.2. The molecular weight excluding hydrogens is 566 g/mol. The highest BCUT2D eigenvalue weighted by Gasteiger charge is 2.36. The summed E-state index contributed by atoms with van der Waals surface area (Å²) in [7, 11) is -7.83. The molecular formula is C28H27N5O6S2. The smallest absolute Gasteiger partial charge is 0.267 e. The molecule has 4 aromatic rings. The number of hydrogen-bond donors (Lipinski definition) is 2. The van der Waals surface area contributed by atoms with Gasteiger partial charge in [0.1, 0.15) is 5.75 Å². The molecule has 0 unspecified atom stereocenters. The van der Waals surface area contributed by atoms with Crippen LogP contribution in [0.4, 0.5) is 17.3 Å². The fourth-order valence-corrected chi connectivity index (χ4v) is 6.88. The van der Waals surface area contributed by atoms with Crippen LogP contribution in [-0.4, -0.2) is 45.4 Å². The standard InChI is InChI=1S/C28H27N5O6S2/c1-19-16-20(2)30-28(29-19)32-41(37,38)23-14-12-22(13-15-23)31-27(34)26-17-33(24-10-6-7-11-25(24)39-26)40(35,36)18-21-8-4-3-5-9-21/h3-16,26H,17-18H2,1-2H3,(H,31,34)(H,29,30,32)/t26-/m1/s1. The van der Waals surface area contributed by atoms with Crippen LogP contribution in [0.3, 0.4) is 0 Å². The number of hydrogen-bond acceptors (Lipinski definition) is 8. The first-order valence-electron chi connectivity index (χ1n) is 12.6. The Labute approximate surface area is 238 Å². The average molecular weight is 594 g/mol. The van der Waals surface area contributed by atoms with E-state index in [4.69, 9.17) is 4.74 Å². The summed E-state index contributed by atoms with van der Waals surface area (Å²) < 4.78 is 61.9. The van der Waals surface area contributed by atoms with Crippen LogP contribution in [-0.2, 0) is 30.6 Å². The number of ether oxygens (including phenoxy) is 1. The molecule has 1 aliphatic heterocycles. The van der Waals surface area contributed by atoms with Crippen LogP contribution in [0, 0.1) is 13.8 Å². The van der Waals surface area contributed by atoms with Crippen molar-refractivity contribution in [3.8, 4) is 5.75 Å². The lowest BCUT2D eigenvalue weighted by atomic mass is 10.2. The van der Waals surface area contributed by atoms with Crippen LogP contribution in [0.25, 0.3) is 0 Å². The molecule has 0 spiro atoms. The Morgan fingerprint density at radius 2 is 1.54 bits per heavy atom. The number of rotatable bonds is 8. The van der Waals surface area contributed by atoms with E-state index in [-0.39, 0.29) is 28.9 Å². The Morgan fingerprint density at radius 3 is 2.22 bits per heavy atom. The number of anilines is 3. The van der Waals surface area contributed by atoms with Gasteiger partial charge in [-0.2, -0.15) is 0 Å². The molecule has 5 rings (SSSR count). The minimum Gasteiger partial charge on any atom is -0.476 e. The predicted molar refractivity (Wildman–Crippen MR) is 155 cm³/mol. The molecule has 0 aliphatic carbocycles. The first kappa shape index (κ1) is 28.1. The van der Waals surface area contributed by atoms with Crippen molar-refractivity contribution >= 4 is 43.3 Å². The summed E-state index contributed by atoms with van der Waals surface area (Å²) in [6, 6.07) is 22.6. The van der Waals surface area contributed by atoms with E-state index in [2.05, 4.69) is 20.0 Å². The zero-order valence-electron chi connectivity index (χ0n) is 22.2. The number of nitrogens with zero attached hydrogens (tertiary/aromatic N) is 3. The minimum absolute atomic E-state index is 0.0404. The van der Waals surface area contributed by atoms with E-state index in [1.807, 2.05) is 0 Å². The average Bonchev–Trinajstić information content (AvgIpc) is 2.92. The fraction of sp³-hybridized carbons (Fsp3) is 0.179. The maximum Gasteiger partial charge on any atom is 0.267 e. The van der Waals surface area contributed by atoms with E-state index >= 15 is 0 Å². The van der Waals surface area contributed by atoms with Gasteiger partial charge >= 0.3 is 0 Å². The maximum atomic E-state index is 13.4. The van der Waals surface area contributed by atoms with E-state index in [9.17, 15) is 21.6 Å². The molecule has 11 nitrogen and oxygen atoms in total. The molecule has 0 saturated heterocycles. The highest BCUT2D eigenvalue weighted by molar-refractivity contribution is 7.92. The largest absolute Gasteiger partial charge is 0.476 e. The molecule has 0 fully saturated rings. The van der Waals surface area contributed by atoms with Crippen LogP contribution >= 0.6 is 0 Å². The molecule has 3 aromatic carbocycles. The molecule has 2 N–H and O–H groups in total. The number of aryl methyl sites for hydroxylation is 2. The lowest BCUT2D eigenvalue weighted by Gasteiger charge is -2.34. The van der Waals surface area contributed by atoms with Crippen molar-refractivity contribution in [2.75, 3.05) is 20.9 Å². The second-order valence-corrected chi connectivity index (χ2v) is 13.0. The minimum atomic E-state index is -3.98. The second-order valence-electron chi connectivity index (χ2n) is 9.44. The van der Waals surface area contributed by atoms with Gasteiger partial charge in [-0.15, -0.1) is 0 Å². The fourth-order valence-electron chi connectivity index (χ4n) is 4.36. The zero-order valence-corrected chi connectivity index (χ0v) is 23.8. The predicted octanol–water partition coefficient (Wildman–Crippen LogP) is 3.63. The van der Waals surface area contributed by atoms with E-state index in [1.165, 1.54) is 28.6 Å². The van der Waals surface area contributed by atoms with Gasteiger partial charge in [-0.25, -0.2) is 31.5 Å². The molecule has 0 bridgehead atoms. The van der Waals surface area contributed by atoms with E-state index in [0.29, 0.717) is 28.3 Å². The second kappa shape index (κ2) is 11.2. The van der Waals surface area contributed by atoms with Crippen molar-refractivity contribution in [2.24, 2.45) is 0 Å². The number of carbonyl (C=O) groups is 1. The third kappa shape index (κ3) is 6.47. The van der Waals surface area contributed by atoms with Crippen molar-refractivity contribution in [3.05, 3.63) is 102 Å². The number of nitrogens with one attached hydrogen (secondary N) is 2. The van der Waals surface area contributed by atoms with Crippen molar-refractivity contribution in [3.63, 3.8) is 0 Å². The first-order valence-corrected chi connectivity index (χ1v) is 15.7. The lowest BCUT2D eigenvalue weighted by molar-refractivity contribution is -0.122. The number of amides is 1. The van der Waals surface area contributed by atoms with Crippen LogP contribution in [0.15, 0.2) is 89.8 Å². The normalized spacial score (nSPS) is 15.0. The SMILES string of the molecule is Cc1cc(C)nc(NS(=O)(=O)c2ccc(NC(=O)[C@H]3CN(S(=O)(=O)Cc4ccccc4)c4ccccc4O3)cc2)n1. The first-order chi connectivity index (χ1) is 19.5. The highest BCUT2D eigenvalue weighted by Crippen LogP contribution is 2.36. The molecule has 1 atom stereocenters. The summed E-state index contributed by atoms with van der Waals surface area (Å²) in [6.07, 6.45) is -1.15. The van der Waals surface area contributed by atoms with Gasteiger partial charge in [0, 0.05) is 17.1 Å². The van der Waals surface area contributed by atoms with Gasteiger partial charge in [-0.1, -0.05) is 42.5 Å². The summed E-state index contributed by atoms with van der Waals surface area (Å²) in [5, 5.41) is 2.68. The third-order valence-corrected chi connectivity index (χ3v) is 9.25. The third-order valence-electron chi connectivity index (χ3n) is 6.20. The summed E-state index contributed by atoms with van der Waals surface area (Å²) in [5.41, 5.74) is 2.51. The van der Waals surface area contributed by atoms with Crippen LogP contribution in [0.5, 0.6) is 5.75 Å². The van der Waals surface area contributed by atoms with Gasteiger partial charge in [0.2, 0.25) is 16.0 Å². The van der Waals surface area contributed by atoms with Crippen molar-refractivity contribution in [1.82, 2.24) is 9.97 Å². The number of sulfonamides is 2. The lowest BCUT2D eigenvalue weighted by Crippen LogP contribution is -2.49. The molecule has 212 valence electrons. The number of para-hydroxylation sites is 2. The Hall–Kier alpha value is -4.49. The maximum absolute atomic E-state index is 13.4. The Kier molecular flexibility index (Phi) is 7.65. The van der Waals surface area contributed by atoms with Gasteiger partial charge in [0.05, 0.1) is 22.9 Å². The Balaban J connectivity index is 1.31. The van der Waals surface area contributed by atoms with E-state index < -0.39 is 32.1 Å². The van der Waals surface area contributed by atoms with Gasteiger partial charge in [0.25, 0.3) is 15.9 Å². The van der Waals surface area contributed by atoms with Gasteiger partial charge in [-0.05, 0) is 61.9 Å². The quantitative estimate of drug-likeness (QED) is 0.315. The summed E-state index contributed by atoms with van der Waals surface area (Å²) in [6.45, 7) is 3.23. The summed E-state index contributed by atoms with van der Waals surface area (Å²) >= 11 is 0. The summed E-state index contributed by atoms with van der Waals surface area (Å²) in [4.78, 5) is 21.3. The molecule has 1 amide bonds. The molecule has 2 heterocycles. The van der Waals surface area contributed by atoms with Gasteiger partial charge < -0.3 is 10.1 Å².